The average molecular weight is 466 g/mol. The summed E-state index contributed by atoms with van der Waals surface area (Å²) in [7, 11) is 0. The van der Waals surface area contributed by atoms with E-state index in [0.29, 0.717) is 11.4 Å². The molecular weight excluding hydrogens is 449 g/mol. The second-order valence-corrected chi connectivity index (χ2v) is 7.94. The van der Waals surface area contributed by atoms with Gasteiger partial charge in [-0.1, -0.05) is 0 Å². The Morgan fingerprint density at radius 1 is 1.18 bits per heavy atom. The van der Waals surface area contributed by atoms with Crippen LogP contribution in [0.4, 0.5) is 30.6 Å². The smallest absolute Gasteiger partial charge is 0.478 e. The monoisotopic (exact) mass is 466 g/mol. The molecule has 1 fully saturated rings. The molecule has 13 heteroatoms. The van der Waals surface area contributed by atoms with E-state index in [0.717, 1.165) is 12.1 Å². The summed E-state index contributed by atoms with van der Waals surface area (Å²) in [5.74, 6) is -2.82. The lowest BCUT2D eigenvalue weighted by Crippen LogP contribution is -2.61. The van der Waals surface area contributed by atoms with Gasteiger partial charge in [0.05, 0.1) is 30.2 Å². The van der Waals surface area contributed by atoms with Gasteiger partial charge in [0.2, 0.25) is 0 Å². The van der Waals surface area contributed by atoms with Crippen molar-refractivity contribution < 1.29 is 42.1 Å². The van der Waals surface area contributed by atoms with Crippen molar-refractivity contribution in [3.63, 3.8) is 0 Å². The molecule has 1 aromatic heterocycles. The van der Waals surface area contributed by atoms with E-state index in [4.69, 9.17) is 9.15 Å². The van der Waals surface area contributed by atoms with Crippen LogP contribution in [0.15, 0.2) is 40.8 Å². The Morgan fingerprint density at radius 2 is 1.94 bits per heavy atom. The zero-order valence-electron chi connectivity index (χ0n) is 16.7. The summed E-state index contributed by atoms with van der Waals surface area (Å²) < 4.78 is 52.1. The van der Waals surface area contributed by atoms with E-state index in [1.807, 2.05) is 0 Å². The van der Waals surface area contributed by atoms with Crippen LogP contribution in [0.5, 0.6) is 5.75 Å². The first-order chi connectivity index (χ1) is 15.5. The van der Waals surface area contributed by atoms with Gasteiger partial charge in [0, 0.05) is 12.5 Å². The highest BCUT2D eigenvalue weighted by atomic mass is 19.4. The van der Waals surface area contributed by atoms with Crippen molar-refractivity contribution in [3.8, 4) is 5.75 Å². The molecule has 0 saturated carbocycles. The molecule has 0 radical (unpaired) electrons. The van der Waals surface area contributed by atoms with Crippen LogP contribution in [-0.4, -0.2) is 52.1 Å². The van der Waals surface area contributed by atoms with Crippen molar-refractivity contribution in [2.45, 2.75) is 24.2 Å². The van der Waals surface area contributed by atoms with Crippen LogP contribution < -0.4 is 20.7 Å². The van der Waals surface area contributed by atoms with Gasteiger partial charge < -0.3 is 34.7 Å². The lowest BCUT2D eigenvalue weighted by Gasteiger charge is -2.43. The molecule has 3 heterocycles. The fourth-order valence-electron chi connectivity index (χ4n) is 3.85. The zero-order chi connectivity index (χ0) is 23.4. The minimum atomic E-state index is -4.85. The van der Waals surface area contributed by atoms with Crippen LogP contribution in [0.25, 0.3) is 11.1 Å². The number of hydrogen-bond donors (Lipinski definition) is 5. The summed E-state index contributed by atoms with van der Waals surface area (Å²) in [6.07, 6.45) is -4.80. The summed E-state index contributed by atoms with van der Waals surface area (Å²) in [5, 5.41) is 29.3. The first kappa shape index (κ1) is 21.2. The van der Waals surface area contributed by atoms with Crippen LogP contribution in [0.3, 0.4) is 0 Å². The first-order valence-corrected chi connectivity index (χ1v) is 9.70. The molecule has 33 heavy (non-hydrogen) atoms. The van der Waals surface area contributed by atoms with Gasteiger partial charge in [-0.15, -0.1) is 13.2 Å². The maximum atomic E-state index is 12.5. The summed E-state index contributed by atoms with van der Waals surface area (Å²) in [4.78, 5) is 15.6. The topological polar surface area (TPSA) is 138 Å². The second kappa shape index (κ2) is 7.15. The number of carbonyl (C=O) groups is 1. The summed E-state index contributed by atoms with van der Waals surface area (Å²) >= 11 is 0. The lowest BCUT2D eigenvalue weighted by atomic mass is 9.93. The van der Waals surface area contributed by atoms with Crippen molar-refractivity contribution in [2.75, 3.05) is 29.2 Å². The van der Waals surface area contributed by atoms with E-state index < -0.39 is 29.5 Å². The van der Waals surface area contributed by atoms with E-state index in [9.17, 15) is 28.2 Å². The number of aromatic carboxylic acids is 1. The Balaban J connectivity index is 1.45. The zero-order valence-corrected chi connectivity index (χ0v) is 16.7. The third kappa shape index (κ3) is 4.19. The number of nitrogens with one attached hydrogen (secondary N) is 3. The van der Waals surface area contributed by atoms with Crippen molar-refractivity contribution in [2.24, 2.45) is 0 Å². The molecule has 0 spiro atoms. The maximum Gasteiger partial charge on any atom is 0.573 e. The number of ether oxygens (including phenoxy) is 2. The molecular formula is C20H17F3N4O6. The minimum absolute atomic E-state index is 0.0452. The summed E-state index contributed by atoms with van der Waals surface area (Å²) in [6, 6.07) is 7.87. The highest BCUT2D eigenvalue weighted by Crippen LogP contribution is 2.41. The molecule has 0 aliphatic carbocycles. The predicted octanol–water partition coefficient (Wildman–Crippen LogP) is 3.18. The van der Waals surface area contributed by atoms with Crippen LogP contribution in [0.2, 0.25) is 0 Å². The van der Waals surface area contributed by atoms with Gasteiger partial charge in [0.1, 0.15) is 16.9 Å². The molecule has 1 unspecified atom stereocenters. The molecule has 1 atom stereocenters. The summed E-state index contributed by atoms with van der Waals surface area (Å²) in [6.45, 7) is 0.171. The van der Waals surface area contributed by atoms with Crippen LogP contribution in [-0.2, 0) is 4.74 Å². The number of anilines is 3. The Hall–Kier alpha value is -3.71. The lowest BCUT2D eigenvalue weighted by molar-refractivity contribution is -0.274. The number of halogens is 3. The standard InChI is InChI=1S/C20H17F3N4O6/c21-20(22,23)33-11-2-4-13-15(6-11)32-17(24-13)27-19(7-18(30)8-31-9-18)25-12-3-1-10(16(28)29)5-14(12)26-19/h1-6,25-26,30H,7-9H2,(H,24,27)(H,28,29). The van der Waals surface area contributed by atoms with E-state index in [1.54, 1.807) is 6.07 Å². The molecule has 0 amide bonds. The SMILES string of the molecule is O=C(O)c1ccc2c(c1)NC(CC1(O)COC1)(Nc1nc3ccc(OC(F)(F)F)cc3o1)N2. The Bertz CT molecular complexity index is 1240. The average Bonchev–Trinajstić information content (AvgIpc) is 3.24. The van der Waals surface area contributed by atoms with E-state index >= 15 is 0 Å². The highest BCUT2D eigenvalue weighted by Gasteiger charge is 2.48. The van der Waals surface area contributed by atoms with Gasteiger partial charge >= 0.3 is 12.3 Å². The number of carboxylic acids is 1. The molecule has 2 aliphatic rings. The Labute approximate surface area is 183 Å². The van der Waals surface area contributed by atoms with Crippen LogP contribution in [0.1, 0.15) is 16.8 Å². The molecule has 3 aromatic rings. The van der Waals surface area contributed by atoms with Gasteiger partial charge in [-0.05, 0) is 30.3 Å². The number of alkyl halides is 3. The van der Waals surface area contributed by atoms with Gasteiger partial charge in [-0.25, -0.2) is 4.79 Å². The number of carboxylic acid groups (broad SMARTS) is 1. The van der Waals surface area contributed by atoms with E-state index in [1.165, 1.54) is 18.2 Å². The third-order valence-electron chi connectivity index (χ3n) is 5.21. The molecule has 0 bridgehead atoms. The minimum Gasteiger partial charge on any atom is -0.478 e. The number of nitrogens with zero attached hydrogens (tertiary/aromatic N) is 1. The van der Waals surface area contributed by atoms with Crippen molar-refractivity contribution in [1.29, 1.82) is 0 Å². The fourth-order valence-corrected chi connectivity index (χ4v) is 3.85. The van der Waals surface area contributed by atoms with E-state index in [2.05, 4.69) is 25.7 Å². The molecule has 2 aromatic carbocycles. The summed E-state index contributed by atoms with van der Waals surface area (Å²) in [5.41, 5.74) is 0.213. The first-order valence-electron chi connectivity index (χ1n) is 9.70. The second-order valence-electron chi connectivity index (χ2n) is 7.94. The van der Waals surface area contributed by atoms with Gasteiger partial charge in [-0.3, -0.25) is 5.32 Å². The Kier molecular flexibility index (Phi) is 4.58. The van der Waals surface area contributed by atoms with Crippen molar-refractivity contribution in [1.82, 2.24) is 4.98 Å². The number of rotatable bonds is 6. The number of aliphatic hydroxyl groups is 1. The normalized spacial score (nSPS) is 21.0. The van der Waals surface area contributed by atoms with E-state index in [-0.39, 0.29) is 42.3 Å². The highest BCUT2D eigenvalue weighted by molar-refractivity contribution is 5.92. The largest absolute Gasteiger partial charge is 0.573 e. The van der Waals surface area contributed by atoms with Gasteiger partial charge in [-0.2, -0.15) is 4.98 Å². The van der Waals surface area contributed by atoms with Crippen molar-refractivity contribution in [3.05, 3.63) is 42.0 Å². The molecule has 5 N–H and O–H groups in total. The van der Waals surface area contributed by atoms with Gasteiger partial charge in [0.15, 0.2) is 11.4 Å². The van der Waals surface area contributed by atoms with Crippen LogP contribution in [0, 0.1) is 0 Å². The number of fused-ring (bicyclic) bond motifs is 2. The van der Waals surface area contributed by atoms with Gasteiger partial charge in [0.25, 0.3) is 6.01 Å². The molecule has 10 nitrogen and oxygen atoms in total. The number of benzene rings is 2. The predicted molar refractivity (Wildman–Crippen MR) is 108 cm³/mol. The molecule has 1 saturated heterocycles. The number of aromatic nitrogens is 1. The Morgan fingerprint density at radius 3 is 2.61 bits per heavy atom. The van der Waals surface area contributed by atoms with Crippen LogP contribution >= 0.6 is 0 Å². The van der Waals surface area contributed by atoms with Crippen molar-refractivity contribution >= 4 is 34.5 Å². The molecule has 2 aliphatic heterocycles. The quantitative estimate of drug-likeness (QED) is 0.368. The molecule has 174 valence electrons. The molecule has 5 rings (SSSR count). The third-order valence-corrected chi connectivity index (χ3v) is 5.21. The number of oxazole rings is 1. The maximum absolute atomic E-state index is 12.5. The fraction of sp³-hybridized carbons (Fsp3) is 0.300. The number of hydrogen-bond acceptors (Lipinski definition) is 9.